The molecule has 2 aliphatic heterocycles. The minimum atomic E-state index is -0.521. The molecule has 0 aromatic rings. The molecule has 2 fully saturated rings. The quantitative estimate of drug-likeness (QED) is 0.562. The van der Waals surface area contributed by atoms with Gasteiger partial charge in [-0.1, -0.05) is 0 Å². The van der Waals surface area contributed by atoms with Crippen molar-refractivity contribution in [2.24, 2.45) is 0 Å². The van der Waals surface area contributed by atoms with Crippen molar-refractivity contribution in [3.63, 3.8) is 0 Å². The first-order valence-electron chi connectivity index (χ1n) is 4.14. The number of hydrogen-bond donors (Lipinski definition) is 2. The van der Waals surface area contributed by atoms with Crippen LogP contribution in [0.5, 0.6) is 0 Å². The van der Waals surface area contributed by atoms with Crippen LogP contribution in [0, 0.1) is 0 Å². The Morgan fingerprint density at radius 2 is 2.23 bits per heavy atom. The van der Waals surface area contributed by atoms with Crippen molar-refractivity contribution in [2.45, 2.75) is 24.5 Å². The number of fused-ring (bicyclic) bond motifs is 1. The van der Waals surface area contributed by atoms with Gasteiger partial charge in [-0.15, -0.1) is 0 Å². The third-order valence-electron chi connectivity index (χ3n) is 2.29. The molecule has 0 aromatic heterocycles. The van der Waals surface area contributed by atoms with Gasteiger partial charge in [0.15, 0.2) is 6.23 Å². The van der Waals surface area contributed by atoms with E-state index in [0.29, 0.717) is 6.61 Å². The van der Waals surface area contributed by atoms with E-state index in [9.17, 15) is 0 Å². The molecule has 0 saturated carbocycles. The van der Waals surface area contributed by atoms with Crippen molar-refractivity contribution in [2.75, 3.05) is 20.5 Å². The third kappa shape index (κ3) is 1.56. The number of nitrogens with one attached hydrogen (secondary N) is 1. The predicted molar refractivity (Wildman–Crippen MR) is 40.1 cm³/mol. The molecule has 13 heavy (non-hydrogen) atoms. The van der Waals surface area contributed by atoms with Crippen LogP contribution in [0.3, 0.4) is 0 Å². The van der Waals surface area contributed by atoms with Crippen LogP contribution >= 0.6 is 0 Å². The summed E-state index contributed by atoms with van der Waals surface area (Å²) in [5, 5.41) is 8.75. The number of hydrogen-bond acceptors (Lipinski definition) is 6. The fourth-order valence-electron chi connectivity index (χ4n) is 1.71. The van der Waals surface area contributed by atoms with Crippen LogP contribution in [-0.4, -0.2) is 50.3 Å². The highest BCUT2D eigenvalue weighted by Gasteiger charge is 2.49. The fraction of sp³-hybridized carbons (Fsp3) is 1.00. The lowest BCUT2D eigenvalue weighted by Crippen LogP contribution is -2.37. The molecule has 2 saturated heterocycles. The number of rotatable bonds is 3. The fourth-order valence-corrected chi connectivity index (χ4v) is 1.71. The molecule has 0 bridgehead atoms. The molecule has 0 spiro atoms. The summed E-state index contributed by atoms with van der Waals surface area (Å²) in [6.07, 6.45) is -1.09. The van der Waals surface area contributed by atoms with E-state index in [1.165, 1.54) is 0 Å². The predicted octanol–water partition coefficient (Wildman–Crippen LogP) is -0.922. The second-order valence-electron chi connectivity index (χ2n) is 3.06. The summed E-state index contributed by atoms with van der Waals surface area (Å²) in [6, 6.07) is 0. The van der Waals surface area contributed by atoms with Crippen molar-refractivity contribution >= 4 is 0 Å². The van der Waals surface area contributed by atoms with E-state index in [1.54, 1.807) is 7.11 Å². The second-order valence-corrected chi connectivity index (χ2v) is 3.06. The highest BCUT2D eigenvalue weighted by atomic mass is 16.8. The minimum Gasteiger partial charge on any atom is -0.382 e. The van der Waals surface area contributed by atoms with Gasteiger partial charge in [-0.3, -0.25) is 0 Å². The summed E-state index contributed by atoms with van der Waals surface area (Å²) in [7, 11) is 1.59. The van der Waals surface area contributed by atoms with E-state index >= 15 is 0 Å². The van der Waals surface area contributed by atoms with Gasteiger partial charge >= 0.3 is 0 Å². The summed E-state index contributed by atoms with van der Waals surface area (Å²) in [6.45, 7) is 0.680. The van der Waals surface area contributed by atoms with Crippen LogP contribution in [-0.2, 0) is 18.9 Å². The molecule has 6 nitrogen and oxygen atoms in total. The first-order valence-corrected chi connectivity index (χ1v) is 4.14. The smallest absolute Gasteiger partial charge is 0.159 e. The molecule has 76 valence electrons. The monoisotopic (exact) mass is 191 g/mol. The standard InChI is InChI=1S/C7H13NO5/c1-10-2-4-5-6(12-3-11-5)7(8-9)13-4/h4-9H,2-3H2,1H3/t4-,5-,6-,7?/m1/s1. The summed E-state index contributed by atoms with van der Waals surface area (Å²) in [5.74, 6) is 0. The summed E-state index contributed by atoms with van der Waals surface area (Å²) < 4.78 is 20.9. The lowest BCUT2D eigenvalue weighted by atomic mass is 10.1. The van der Waals surface area contributed by atoms with Crippen LogP contribution in [0.2, 0.25) is 0 Å². The van der Waals surface area contributed by atoms with Gasteiger partial charge in [-0.05, 0) is 0 Å². The van der Waals surface area contributed by atoms with E-state index in [2.05, 4.69) is 0 Å². The molecule has 6 heteroatoms. The molecule has 0 aliphatic carbocycles. The Morgan fingerprint density at radius 3 is 2.92 bits per heavy atom. The summed E-state index contributed by atoms with van der Waals surface area (Å²) in [5.41, 5.74) is 2.04. The van der Waals surface area contributed by atoms with Gasteiger partial charge < -0.3 is 24.2 Å². The molecular formula is C7H13NO5. The van der Waals surface area contributed by atoms with Gasteiger partial charge in [0.05, 0.1) is 6.61 Å². The van der Waals surface area contributed by atoms with E-state index in [1.807, 2.05) is 5.48 Å². The minimum absolute atomic E-state index is 0.149. The topological polar surface area (TPSA) is 69.2 Å². The maximum atomic E-state index is 8.75. The molecule has 0 radical (unpaired) electrons. The molecule has 4 atom stereocenters. The second kappa shape index (κ2) is 3.87. The average Bonchev–Trinajstić information content (AvgIpc) is 2.68. The number of hydroxylamine groups is 1. The Kier molecular flexibility index (Phi) is 2.77. The van der Waals surface area contributed by atoms with Crippen molar-refractivity contribution in [1.82, 2.24) is 5.48 Å². The molecule has 1 unspecified atom stereocenters. The molecule has 2 N–H and O–H groups in total. The molecular weight excluding hydrogens is 178 g/mol. The van der Waals surface area contributed by atoms with E-state index in [0.717, 1.165) is 0 Å². The zero-order chi connectivity index (χ0) is 9.26. The molecule has 0 amide bonds. The average molecular weight is 191 g/mol. The van der Waals surface area contributed by atoms with E-state index in [-0.39, 0.29) is 25.1 Å². The first-order chi connectivity index (χ1) is 6.36. The number of methoxy groups -OCH3 is 1. The SMILES string of the molecule is COC[C@H]1OC(NO)[C@@H]2OCO[C@H]12. The van der Waals surface area contributed by atoms with Crippen LogP contribution in [0.4, 0.5) is 0 Å². The first kappa shape index (κ1) is 9.32. The van der Waals surface area contributed by atoms with Gasteiger partial charge in [0.25, 0.3) is 0 Å². The highest BCUT2D eigenvalue weighted by molar-refractivity contribution is 4.92. The van der Waals surface area contributed by atoms with E-state index < -0.39 is 6.23 Å². The van der Waals surface area contributed by atoms with Gasteiger partial charge in [0, 0.05) is 7.11 Å². The van der Waals surface area contributed by atoms with Gasteiger partial charge in [0.2, 0.25) is 0 Å². The molecule has 2 heterocycles. The third-order valence-corrected chi connectivity index (χ3v) is 2.29. The van der Waals surface area contributed by atoms with Crippen molar-refractivity contribution in [3.8, 4) is 0 Å². The maximum absolute atomic E-state index is 8.75. The highest BCUT2D eigenvalue weighted by Crippen LogP contribution is 2.29. The number of ether oxygens (including phenoxy) is 4. The molecule has 2 rings (SSSR count). The zero-order valence-corrected chi connectivity index (χ0v) is 7.30. The maximum Gasteiger partial charge on any atom is 0.159 e. The normalized spacial score (nSPS) is 43.8. The Labute approximate surface area is 75.7 Å². The van der Waals surface area contributed by atoms with E-state index in [4.69, 9.17) is 24.2 Å². The summed E-state index contributed by atoms with van der Waals surface area (Å²) >= 11 is 0. The van der Waals surface area contributed by atoms with Crippen LogP contribution in [0.1, 0.15) is 0 Å². The van der Waals surface area contributed by atoms with Gasteiger partial charge in [-0.2, -0.15) is 5.48 Å². The summed E-state index contributed by atoms with van der Waals surface area (Å²) in [4.78, 5) is 0. The lowest BCUT2D eigenvalue weighted by molar-refractivity contribution is -0.129. The van der Waals surface area contributed by atoms with Gasteiger partial charge in [0.1, 0.15) is 25.1 Å². The Balaban J connectivity index is 2.00. The Bertz CT molecular complexity index is 178. The van der Waals surface area contributed by atoms with Crippen LogP contribution < -0.4 is 5.48 Å². The largest absolute Gasteiger partial charge is 0.382 e. The van der Waals surface area contributed by atoms with Crippen molar-refractivity contribution in [3.05, 3.63) is 0 Å². The van der Waals surface area contributed by atoms with Crippen LogP contribution in [0.25, 0.3) is 0 Å². The van der Waals surface area contributed by atoms with Crippen molar-refractivity contribution in [1.29, 1.82) is 0 Å². The Hall–Kier alpha value is -0.240. The zero-order valence-electron chi connectivity index (χ0n) is 7.30. The van der Waals surface area contributed by atoms with Crippen molar-refractivity contribution < 1.29 is 24.2 Å². The van der Waals surface area contributed by atoms with Gasteiger partial charge in [-0.25, -0.2) is 0 Å². The molecule has 0 aromatic carbocycles. The Morgan fingerprint density at radius 1 is 1.46 bits per heavy atom. The lowest BCUT2D eigenvalue weighted by Gasteiger charge is -2.14. The van der Waals surface area contributed by atoms with Crippen LogP contribution in [0.15, 0.2) is 0 Å². The molecule has 2 aliphatic rings.